The number of likely N-dealkylation sites (tertiary alicyclic amines) is 1. The lowest BCUT2D eigenvalue weighted by Gasteiger charge is -2.34. The molecule has 2 aliphatic rings. The molecule has 0 bridgehead atoms. The predicted molar refractivity (Wildman–Crippen MR) is 130 cm³/mol. The number of piperidine rings is 1. The zero-order valence-corrected chi connectivity index (χ0v) is 20.1. The summed E-state index contributed by atoms with van der Waals surface area (Å²) >= 11 is 0. The third-order valence-electron chi connectivity index (χ3n) is 5.55. The lowest BCUT2D eigenvalue weighted by atomic mass is 10.0. The third-order valence-corrected chi connectivity index (χ3v) is 5.55. The molecule has 1 unspecified atom stereocenters. The van der Waals surface area contributed by atoms with E-state index < -0.39 is 0 Å². The van der Waals surface area contributed by atoms with E-state index in [1.807, 2.05) is 0 Å². The molecule has 2 saturated heterocycles. The highest BCUT2D eigenvalue weighted by atomic mass is 127. The molecule has 0 radical (unpaired) electrons. The van der Waals surface area contributed by atoms with Gasteiger partial charge in [-0.05, 0) is 37.3 Å². The van der Waals surface area contributed by atoms with Gasteiger partial charge in [-0.3, -0.25) is 15.0 Å². The number of nitro benzene ring substituents is 1. The average molecular weight is 531 g/mol. The van der Waals surface area contributed by atoms with E-state index >= 15 is 0 Å². The van der Waals surface area contributed by atoms with Crippen LogP contribution < -0.4 is 5.32 Å². The standard InChI is InChI=1S/C21H33N5O3.HI/c1-18-4-2-11-25(17-18)21(22-9-3-10-24-12-14-29-15-13-24)23-16-19-5-7-20(8-6-19)26(27)28;/h5-8,18H,2-4,9-17H2,1H3,(H,22,23);1H. The number of guanidine groups is 1. The molecule has 2 fully saturated rings. The molecule has 8 nitrogen and oxygen atoms in total. The zero-order valence-electron chi connectivity index (χ0n) is 17.8. The number of ether oxygens (including phenoxy) is 1. The second kappa shape index (κ2) is 13.1. The number of halogens is 1. The Morgan fingerprint density at radius 3 is 2.67 bits per heavy atom. The van der Waals surface area contributed by atoms with Crippen LogP contribution in [0.4, 0.5) is 5.69 Å². The summed E-state index contributed by atoms with van der Waals surface area (Å²) in [5, 5.41) is 14.4. The van der Waals surface area contributed by atoms with Gasteiger partial charge in [0, 0.05) is 44.9 Å². The average Bonchev–Trinajstić information content (AvgIpc) is 2.74. The van der Waals surface area contributed by atoms with E-state index in [1.165, 1.54) is 12.8 Å². The molecule has 0 spiro atoms. The van der Waals surface area contributed by atoms with Gasteiger partial charge in [0.1, 0.15) is 0 Å². The van der Waals surface area contributed by atoms with E-state index in [0.717, 1.165) is 70.4 Å². The molecular formula is C21H34IN5O3. The Labute approximate surface area is 196 Å². The topological polar surface area (TPSA) is 83.2 Å². The SMILES string of the molecule is CC1CCCN(C(=NCc2ccc([N+](=O)[O-])cc2)NCCCN2CCOCC2)C1.I. The summed E-state index contributed by atoms with van der Waals surface area (Å²) in [4.78, 5) is 20.1. The highest BCUT2D eigenvalue weighted by molar-refractivity contribution is 14.0. The van der Waals surface area contributed by atoms with Gasteiger partial charge in [-0.15, -0.1) is 24.0 Å². The number of non-ortho nitro benzene ring substituents is 1. The molecule has 0 saturated carbocycles. The van der Waals surface area contributed by atoms with Gasteiger partial charge >= 0.3 is 0 Å². The summed E-state index contributed by atoms with van der Waals surface area (Å²) < 4.78 is 5.41. The normalized spacial score (nSPS) is 20.5. The summed E-state index contributed by atoms with van der Waals surface area (Å²) in [6, 6.07) is 6.67. The minimum absolute atomic E-state index is 0. The fraction of sp³-hybridized carbons (Fsp3) is 0.667. The van der Waals surface area contributed by atoms with Gasteiger partial charge in [0.2, 0.25) is 0 Å². The fourth-order valence-corrected chi connectivity index (χ4v) is 3.87. The largest absolute Gasteiger partial charge is 0.379 e. The van der Waals surface area contributed by atoms with Gasteiger partial charge in [-0.2, -0.15) is 0 Å². The number of morpholine rings is 1. The highest BCUT2D eigenvalue weighted by Gasteiger charge is 2.19. The Morgan fingerprint density at radius 2 is 2.00 bits per heavy atom. The van der Waals surface area contributed by atoms with Crippen molar-refractivity contribution in [3.05, 3.63) is 39.9 Å². The van der Waals surface area contributed by atoms with Crippen molar-refractivity contribution in [3.63, 3.8) is 0 Å². The molecular weight excluding hydrogens is 497 g/mol. The quantitative estimate of drug-likeness (QED) is 0.146. The molecule has 30 heavy (non-hydrogen) atoms. The molecule has 1 aromatic rings. The van der Waals surface area contributed by atoms with Crippen molar-refractivity contribution in [2.75, 3.05) is 52.5 Å². The van der Waals surface area contributed by atoms with Gasteiger partial charge < -0.3 is 15.0 Å². The van der Waals surface area contributed by atoms with Gasteiger partial charge in [-0.1, -0.05) is 19.1 Å². The van der Waals surface area contributed by atoms with Crippen LogP contribution in [0.25, 0.3) is 0 Å². The van der Waals surface area contributed by atoms with Gasteiger partial charge in [-0.25, -0.2) is 4.99 Å². The first-order valence-electron chi connectivity index (χ1n) is 10.7. The Balaban J connectivity index is 0.00000320. The Bertz CT molecular complexity index is 680. The van der Waals surface area contributed by atoms with Crippen LogP contribution in [-0.2, 0) is 11.3 Å². The van der Waals surface area contributed by atoms with Crippen LogP contribution in [0.2, 0.25) is 0 Å². The van der Waals surface area contributed by atoms with Crippen molar-refractivity contribution < 1.29 is 9.66 Å². The van der Waals surface area contributed by atoms with Crippen LogP contribution in [0.5, 0.6) is 0 Å². The van der Waals surface area contributed by atoms with Gasteiger partial charge in [0.15, 0.2) is 5.96 Å². The van der Waals surface area contributed by atoms with E-state index in [-0.39, 0.29) is 34.6 Å². The number of benzene rings is 1. The minimum Gasteiger partial charge on any atom is -0.379 e. The molecule has 168 valence electrons. The first kappa shape index (κ1) is 24.8. The number of hydrogen-bond donors (Lipinski definition) is 1. The Morgan fingerprint density at radius 1 is 1.27 bits per heavy atom. The number of aliphatic imine (C=N–C) groups is 1. The molecule has 1 N–H and O–H groups in total. The van der Waals surface area contributed by atoms with Crippen molar-refractivity contribution in [3.8, 4) is 0 Å². The second-order valence-corrected chi connectivity index (χ2v) is 7.99. The van der Waals surface area contributed by atoms with Crippen molar-refractivity contribution in [1.82, 2.24) is 15.1 Å². The van der Waals surface area contributed by atoms with E-state index in [1.54, 1.807) is 24.3 Å². The molecule has 3 rings (SSSR count). The van der Waals surface area contributed by atoms with Crippen LogP contribution in [0.3, 0.4) is 0 Å². The predicted octanol–water partition coefficient (Wildman–Crippen LogP) is 3.11. The monoisotopic (exact) mass is 531 g/mol. The maximum absolute atomic E-state index is 10.8. The van der Waals surface area contributed by atoms with Crippen LogP contribution in [0, 0.1) is 16.0 Å². The van der Waals surface area contributed by atoms with E-state index in [2.05, 4.69) is 22.0 Å². The lowest BCUT2D eigenvalue weighted by molar-refractivity contribution is -0.384. The Kier molecular flexibility index (Phi) is 10.8. The molecule has 9 heteroatoms. The van der Waals surface area contributed by atoms with Crippen molar-refractivity contribution >= 4 is 35.6 Å². The van der Waals surface area contributed by atoms with E-state index in [9.17, 15) is 10.1 Å². The van der Waals surface area contributed by atoms with Crippen LogP contribution in [0.1, 0.15) is 31.7 Å². The van der Waals surface area contributed by atoms with Crippen molar-refractivity contribution in [2.45, 2.75) is 32.7 Å². The minimum atomic E-state index is -0.371. The molecule has 0 aliphatic carbocycles. The second-order valence-electron chi connectivity index (χ2n) is 7.99. The third kappa shape index (κ3) is 7.99. The van der Waals surface area contributed by atoms with Crippen molar-refractivity contribution in [2.24, 2.45) is 10.9 Å². The van der Waals surface area contributed by atoms with Crippen LogP contribution >= 0.6 is 24.0 Å². The van der Waals surface area contributed by atoms with Gasteiger partial charge in [0.05, 0.1) is 24.7 Å². The molecule has 1 atom stereocenters. The summed E-state index contributed by atoms with van der Waals surface area (Å²) in [7, 11) is 0. The maximum Gasteiger partial charge on any atom is 0.269 e. The molecule has 2 aliphatic heterocycles. The molecule has 0 amide bonds. The number of nitrogens with zero attached hydrogens (tertiary/aromatic N) is 4. The summed E-state index contributed by atoms with van der Waals surface area (Å²) in [5.74, 6) is 1.63. The Hall–Kier alpha value is -1.46. The first-order chi connectivity index (χ1) is 14.1. The zero-order chi connectivity index (χ0) is 20.5. The molecule has 2 heterocycles. The van der Waals surface area contributed by atoms with Crippen LogP contribution in [-0.4, -0.2) is 73.2 Å². The number of nitrogens with one attached hydrogen (secondary N) is 1. The van der Waals surface area contributed by atoms with Crippen molar-refractivity contribution in [1.29, 1.82) is 0 Å². The smallest absolute Gasteiger partial charge is 0.269 e. The maximum atomic E-state index is 10.8. The van der Waals surface area contributed by atoms with E-state index in [0.29, 0.717) is 12.5 Å². The lowest BCUT2D eigenvalue weighted by Crippen LogP contribution is -2.47. The number of rotatable bonds is 7. The molecule has 1 aromatic carbocycles. The fourth-order valence-electron chi connectivity index (χ4n) is 3.87. The summed E-state index contributed by atoms with van der Waals surface area (Å²) in [6.45, 7) is 10.5. The summed E-state index contributed by atoms with van der Waals surface area (Å²) in [6.07, 6.45) is 3.52. The first-order valence-corrected chi connectivity index (χ1v) is 10.7. The molecule has 0 aromatic heterocycles. The number of hydrogen-bond acceptors (Lipinski definition) is 5. The van der Waals surface area contributed by atoms with Gasteiger partial charge in [0.25, 0.3) is 5.69 Å². The van der Waals surface area contributed by atoms with E-state index in [4.69, 9.17) is 9.73 Å². The van der Waals surface area contributed by atoms with Crippen LogP contribution in [0.15, 0.2) is 29.3 Å². The highest BCUT2D eigenvalue weighted by Crippen LogP contribution is 2.16. The number of nitro groups is 1. The summed E-state index contributed by atoms with van der Waals surface area (Å²) in [5.41, 5.74) is 1.09.